The minimum absolute atomic E-state index is 0.223. The van der Waals surface area contributed by atoms with Crippen molar-refractivity contribution in [3.8, 4) is 16.9 Å². The molecule has 0 saturated heterocycles. The highest BCUT2D eigenvalue weighted by atomic mass is 32.1. The molecule has 0 amide bonds. The normalized spacial score (nSPS) is 11.3. The highest BCUT2D eigenvalue weighted by Crippen LogP contribution is 2.33. The van der Waals surface area contributed by atoms with E-state index in [0.717, 1.165) is 11.1 Å². The minimum Gasteiger partial charge on any atom is -0.483 e. The number of halogens is 3. The molecular formula is C14H11F3OS. The molecule has 0 bridgehead atoms. The number of ether oxygens (including phenoxy) is 1. The van der Waals surface area contributed by atoms with Gasteiger partial charge in [-0.2, -0.15) is 24.5 Å². The zero-order chi connectivity index (χ0) is 13.9. The predicted octanol–water partition coefficient (Wildman–Crippen LogP) is 5.00. The van der Waals surface area contributed by atoms with Crippen molar-refractivity contribution in [2.45, 2.75) is 6.18 Å². The third-order valence-electron chi connectivity index (χ3n) is 2.46. The first-order chi connectivity index (χ1) is 8.99. The molecule has 5 heteroatoms. The summed E-state index contributed by atoms with van der Waals surface area (Å²) in [5.41, 5.74) is 2.31. The Kier molecular flexibility index (Phi) is 3.95. The monoisotopic (exact) mass is 284 g/mol. The van der Waals surface area contributed by atoms with Gasteiger partial charge >= 0.3 is 6.18 Å². The molecule has 1 nitrogen and oxygen atoms in total. The molecule has 1 heterocycles. The van der Waals surface area contributed by atoms with Crippen LogP contribution in [0.5, 0.6) is 5.75 Å². The lowest BCUT2D eigenvalue weighted by molar-refractivity contribution is -0.153. The molecule has 0 N–H and O–H groups in total. The van der Waals surface area contributed by atoms with Gasteiger partial charge in [-0.25, -0.2) is 0 Å². The Morgan fingerprint density at radius 3 is 2.63 bits per heavy atom. The van der Waals surface area contributed by atoms with Crippen LogP contribution in [0.15, 0.2) is 41.6 Å². The van der Waals surface area contributed by atoms with Gasteiger partial charge in [-0.15, -0.1) is 0 Å². The largest absolute Gasteiger partial charge is 0.483 e. The Morgan fingerprint density at radius 1 is 1.26 bits per heavy atom. The van der Waals surface area contributed by atoms with Gasteiger partial charge in [-0.3, -0.25) is 0 Å². The molecule has 1 aromatic heterocycles. The fourth-order valence-corrected chi connectivity index (χ4v) is 2.26. The molecule has 0 aliphatic rings. The standard InChI is InChI=1S/C14H11F3OS/c1-2-10-3-4-13(18-9-14(15,16)17)12(7-10)11-5-6-19-8-11/h2-8H,1,9H2. The molecule has 19 heavy (non-hydrogen) atoms. The van der Waals surface area contributed by atoms with Gasteiger partial charge < -0.3 is 4.74 Å². The summed E-state index contributed by atoms with van der Waals surface area (Å²) < 4.78 is 41.5. The van der Waals surface area contributed by atoms with E-state index in [1.165, 1.54) is 17.4 Å². The summed E-state index contributed by atoms with van der Waals surface area (Å²) in [6.07, 6.45) is -2.70. The first-order valence-corrected chi connectivity index (χ1v) is 6.42. The molecule has 0 atom stereocenters. The van der Waals surface area contributed by atoms with Crippen LogP contribution in [0.1, 0.15) is 5.56 Å². The maximum atomic E-state index is 12.2. The first kappa shape index (κ1) is 13.7. The Balaban J connectivity index is 2.34. The van der Waals surface area contributed by atoms with Crippen molar-refractivity contribution < 1.29 is 17.9 Å². The second-order valence-electron chi connectivity index (χ2n) is 3.88. The minimum atomic E-state index is -4.34. The molecular weight excluding hydrogens is 273 g/mol. The molecule has 2 rings (SSSR count). The number of alkyl halides is 3. The van der Waals surface area contributed by atoms with Crippen LogP contribution in [-0.2, 0) is 0 Å². The molecule has 0 saturated carbocycles. The second kappa shape index (κ2) is 5.48. The third-order valence-corrected chi connectivity index (χ3v) is 3.15. The van der Waals surface area contributed by atoms with E-state index in [0.29, 0.717) is 5.56 Å². The van der Waals surface area contributed by atoms with Crippen molar-refractivity contribution in [1.82, 2.24) is 0 Å². The van der Waals surface area contributed by atoms with Gasteiger partial charge in [0, 0.05) is 5.56 Å². The molecule has 0 unspecified atom stereocenters. The molecule has 0 aliphatic carbocycles. The van der Waals surface area contributed by atoms with Crippen LogP contribution in [0, 0.1) is 0 Å². The zero-order valence-electron chi connectivity index (χ0n) is 9.91. The predicted molar refractivity (Wildman–Crippen MR) is 71.4 cm³/mol. The lowest BCUT2D eigenvalue weighted by Crippen LogP contribution is -2.19. The summed E-state index contributed by atoms with van der Waals surface area (Å²) >= 11 is 1.48. The summed E-state index contributed by atoms with van der Waals surface area (Å²) in [7, 11) is 0. The number of benzene rings is 1. The Hall–Kier alpha value is -1.75. The Bertz CT molecular complexity index is 559. The van der Waals surface area contributed by atoms with Crippen LogP contribution in [0.25, 0.3) is 17.2 Å². The van der Waals surface area contributed by atoms with Crippen molar-refractivity contribution in [1.29, 1.82) is 0 Å². The van der Waals surface area contributed by atoms with Crippen LogP contribution in [-0.4, -0.2) is 12.8 Å². The van der Waals surface area contributed by atoms with Crippen LogP contribution < -0.4 is 4.74 Å². The number of thiophene rings is 1. The summed E-state index contributed by atoms with van der Waals surface area (Å²) in [5.74, 6) is 0.223. The van der Waals surface area contributed by atoms with Gasteiger partial charge in [0.15, 0.2) is 6.61 Å². The molecule has 1 aromatic carbocycles. The lowest BCUT2D eigenvalue weighted by Gasteiger charge is -2.13. The fraction of sp³-hybridized carbons (Fsp3) is 0.143. The van der Waals surface area contributed by atoms with Gasteiger partial charge in [-0.1, -0.05) is 18.7 Å². The summed E-state index contributed by atoms with van der Waals surface area (Å²) in [5, 5.41) is 3.73. The van der Waals surface area contributed by atoms with Crippen LogP contribution >= 0.6 is 11.3 Å². The second-order valence-corrected chi connectivity index (χ2v) is 4.66. The summed E-state index contributed by atoms with van der Waals surface area (Å²) in [4.78, 5) is 0. The lowest BCUT2D eigenvalue weighted by atomic mass is 10.0. The molecule has 0 radical (unpaired) electrons. The number of rotatable bonds is 4. The van der Waals surface area contributed by atoms with E-state index in [-0.39, 0.29) is 5.75 Å². The average Bonchev–Trinajstić information content (AvgIpc) is 2.89. The fourth-order valence-electron chi connectivity index (χ4n) is 1.60. The molecule has 0 aliphatic heterocycles. The number of hydrogen-bond acceptors (Lipinski definition) is 2. The maximum Gasteiger partial charge on any atom is 0.422 e. The summed E-state index contributed by atoms with van der Waals surface area (Å²) in [6, 6.07) is 6.82. The average molecular weight is 284 g/mol. The van der Waals surface area contributed by atoms with E-state index >= 15 is 0 Å². The van der Waals surface area contributed by atoms with E-state index in [1.54, 1.807) is 18.2 Å². The van der Waals surface area contributed by atoms with E-state index < -0.39 is 12.8 Å². The van der Waals surface area contributed by atoms with Crippen molar-refractivity contribution >= 4 is 17.4 Å². The molecule has 100 valence electrons. The van der Waals surface area contributed by atoms with Gasteiger partial charge in [0.25, 0.3) is 0 Å². The van der Waals surface area contributed by atoms with Crippen LogP contribution in [0.3, 0.4) is 0 Å². The van der Waals surface area contributed by atoms with Gasteiger partial charge in [0.1, 0.15) is 5.75 Å². The van der Waals surface area contributed by atoms with E-state index in [4.69, 9.17) is 4.74 Å². The van der Waals surface area contributed by atoms with Gasteiger partial charge in [0.2, 0.25) is 0 Å². The topological polar surface area (TPSA) is 9.23 Å². The Morgan fingerprint density at radius 2 is 2.05 bits per heavy atom. The van der Waals surface area contributed by atoms with Crippen molar-refractivity contribution in [3.63, 3.8) is 0 Å². The van der Waals surface area contributed by atoms with E-state index in [9.17, 15) is 13.2 Å². The molecule has 0 spiro atoms. The van der Waals surface area contributed by atoms with Crippen LogP contribution in [0.4, 0.5) is 13.2 Å². The van der Waals surface area contributed by atoms with Crippen molar-refractivity contribution in [3.05, 3.63) is 47.2 Å². The SMILES string of the molecule is C=Cc1ccc(OCC(F)(F)F)c(-c2ccsc2)c1. The highest BCUT2D eigenvalue weighted by molar-refractivity contribution is 7.08. The van der Waals surface area contributed by atoms with Crippen LogP contribution in [0.2, 0.25) is 0 Å². The Labute approximate surface area is 113 Å². The highest BCUT2D eigenvalue weighted by Gasteiger charge is 2.28. The quantitative estimate of drug-likeness (QED) is 0.767. The van der Waals surface area contributed by atoms with Gasteiger partial charge in [-0.05, 0) is 40.1 Å². The molecule has 2 aromatic rings. The van der Waals surface area contributed by atoms with E-state index in [2.05, 4.69) is 6.58 Å². The zero-order valence-corrected chi connectivity index (χ0v) is 10.7. The number of hydrogen-bond donors (Lipinski definition) is 0. The summed E-state index contributed by atoms with van der Waals surface area (Å²) in [6.45, 7) is 2.36. The van der Waals surface area contributed by atoms with Gasteiger partial charge in [0.05, 0.1) is 0 Å². The van der Waals surface area contributed by atoms with Crippen molar-refractivity contribution in [2.24, 2.45) is 0 Å². The maximum absolute atomic E-state index is 12.2. The first-order valence-electron chi connectivity index (χ1n) is 5.48. The van der Waals surface area contributed by atoms with E-state index in [1.807, 2.05) is 16.8 Å². The third kappa shape index (κ3) is 3.61. The molecule has 0 fully saturated rings. The van der Waals surface area contributed by atoms with Crippen molar-refractivity contribution in [2.75, 3.05) is 6.61 Å². The smallest absolute Gasteiger partial charge is 0.422 e.